The summed E-state index contributed by atoms with van der Waals surface area (Å²) < 4.78 is 34.1. The molecule has 0 aliphatic carbocycles. The normalized spacial score (nSPS) is 17.9. The molecule has 17 heavy (non-hydrogen) atoms. The van der Waals surface area contributed by atoms with Crippen LogP contribution in [0, 0.1) is 0 Å². The Morgan fingerprint density at radius 1 is 1.41 bits per heavy atom. The van der Waals surface area contributed by atoms with Crippen molar-refractivity contribution < 1.29 is 23.0 Å². The van der Waals surface area contributed by atoms with Gasteiger partial charge in [0.1, 0.15) is 0 Å². The molecule has 2 rings (SSSR count). The Balaban J connectivity index is 2.33. The number of hydrogen-bond acceptors (Lipinski definition) is 3. The Kier molecular flexibility index (Phi) is 2.95. The van der Waals surface area contributed by atoms with E-state index in [1.807, 2.05) is 0 Å². The Morgan fingerprint density at radius 3 is 2.65 bits per heavy atom. The second-order valence-electron chi connectivity index (χ2n) is 3.64. The van der Waals surface area contributed by atoms with Gasteiger partial charge in [0.2, 0.25) is 5.24 Å². The Labute approximate surface area is 101 Å². The SMILES string of the molecule is CCC(C(=O)Cl)c1ccc2c(c1)OC(F)(F)O2. The van der Waals surface area contributed by atoms with Gasteiger partial charge in [-0.1, -0.05) is 13.0 Å². The van der Waals surface area contributed by atoms with Gasteiger partial charge in [-0.3, -0.25) is 4.79 Å². The van der Waals surface area contributed by atoms with Gasteiger partial charge in [0.15, 0.2) is 11.5 Å². The molecule has 1 aromatic rings. The van der Waals surface area contributed by atoms with E-state index in [9.17, 15) is 13.6 Å². The molecule has 0 radical (unpaired) electrons. The summed E-state index contributed by atoms with van der Waals surface area (Å²) in [5, 5.41) is -0.530. The molecule has 0 bridgehead atoms. The van der Waals surface area contributed by atoms with Crippen molar-refractivity contribution >= 4 is 16.8 Å². The first-order valence-corrected chi connectivity index (χ1v) is 5.40. The zero-order valence-electron chi connectivity index (χ0n) is 8.88. The fraction of sp³-hybridized carbons (Fsp3) is 0.364. The summed E-state index contributed by atoms with van der Waals surface area (Å²) in [6.45, 7) is 1.78. The van der Waals surface area contributed by atoms with Gasteiger partial charge >= 0.3 is 6.29 Å². The van der Waals surface area contributed by atoms with Crippen molar-refractivity contribution in [1.29, 1.82) is 0 Å². The highest BCUT2D eigenvalue weighted by Crippen LogP contribution is 2.42. The summed E-state index contributed by atoms with van der Waals surface area (Å²) >= 11 is 5.43. The second-order valence-corrected chi connectivity index (χ2v) is 4.01. The average molecular weight is 263 g/mol. The predicted octanol–water partition coefficient (Wildman–Crippen LogP) is 3.27. The van der Waals surface area contributed by atoms with Crippen LogP contribution in [0.2, 0.25) is 0 Å². The van der Waals surface area contributed by atoms with Crippen molar-refractivity contribution in [2.24, 2.45) is 0 Å². The zero-order chi connectivity index (χ0) is 12.6. The molecule has 92 valence electrons. The lowest BCUT2D eigenvalue weighted by Crippen LogP contribution is -2.25. The fourth-order valence-corrected chi connectivity index (χ4v) is 1.99. The van der Waals surface area contributed by atoms with Gasteiger partial charge in [-0.2, -0.15) is 0 Å². The summed E-state index contributed by atoms with van der Waals surface area (Å²) in [7, 11) is 0. The first-order valence-electron chi connectivity index (χ1n) is 5.02. The Morgan fingerprint density at radius 2 is 2.06 bits per heavy atom. The average Bonchev–Trinajstić information content (AvgIpc) is 2.51. The van der Waals surface area contributed by atoms with Crippen LogP contribution in [0.1, 0.15) is 24.8 Å². The smallest absolute Gasteiger partial charge is 0.395 e. The van der Waals surface area contributed by atoms with Crippen LogP contribution in [0.15, 0.2) is 18.2 Å². The third kappa shape index (κ3) is 2.34. The lowest BCUT2D eigenvalue weighted by molar-refractivity contribution is -0.286. The molecule has 0 saturated carbocycles. The minimum Gasteiger partial charge on any atom is -0.395 e. The van der Waals surface area contributed by atoms with Gasteiger partial charge in [0.05, 0.1) is 5.92 Å². The van der Waals surface area contributed by atoms with Crippen LogP contribution in [0.4, 0.5) is 8.78 Å². The van der Waals surface area contributed by atoms with Gasteiger partial charge in [0, 0.05) is 0 Å². The summed E-state index contributed by atoms with van der Waals surface area (Å²) in [6, 6.07) is 4.22. The number of hydrogen-bond donors (Lipinski definition) is 0. The fourth-order valence-electron chi connectivity index (χ4n) is 1.71. The molecule has 3 nitrogen and oxygen atoms in total. The molecule has 6 heteroatoms. The quantitative estimate of drug-likeness (QED) is 0.785. The van der Waals surface area contributed by atoms with E-state index in [0.29, 0.717) is 12.0 Å². The molecule has 1 aliphatic rings. The molecule has 1 heterocycles. The highest BCUT2D eigenvalue weighted by Gasteiger charge is 2.43. The number of fused-ring (bicyclic) bond motifs is 1. The molecule has 1 aliphatic heterocycles. The summed E-state index contributed by atoms with van der Waals surface area (Å²) in [4.78, 5) is 11.1. The van der Waals surface area contributed by atoms with Crippen molar-refractivity contribution in [3.8, 4) is 11.5 Å². The van der Waals surface area contributed by atoms with Crippen molar-refractivity contribution in [3.63, 3.8) is 0 Å². The minimum atomic E-state index is -3.65. The lowest BCUT2D eigenvalue weighted by atomic mass is 9.97. The standard InChI is InChI=1S/C11H9ClF2O3/c1-2-7(10(12)15)6-3-4-8-9(5-6)17-11(13,14)16-8/h3-5,7H,2H2,1H3. The molecule has 0 N–H and O–H groups in total. The van der Waals surface area contributed by atoms with Crippen molar-refractivity contribution in [3.05, 3.63) is 23.8 Å². The van der Waals surface area contributed by atoms with Gasteiger partial charge in [-0.25, -0.2) is 0 Å². The van der Waals surface area contributed by atoms with E-state index in [-0.39, 0.29) is 11.5 Å². The van der Waals surface area contributed by atoms with Gasteiger partial charge in [-0.05, 0) is 35.7 Å². The van der Waals surface area contributed by atoms with Crippen LogP contribution in [0.25, 0.3) is 0 Å². The number of rotatable bonds is 3. The predicted molar refractivity (Wildman–Crippen MR) is 56.5 cm³/mol. The monoisotopic (exact) mass is 262 g/mol. The highest BCUT2D eigenvalue weighted by atomic mass is 35.5. The van der Waals surface area contributed by atoms with E-state index in [1.165, 1.54) is 18.2 Å². The maximum atomic E-state index is 12.8. The van der Waals surface area contributed by atoms with Crippen LogP contribution in [-0.2, 0) is 4.79 Å². The largest absolute Gasteiger partial charge is 0.586 e. The first-order chi connectivity index (χ1) is 7.93. The van der Waals surface area contributed by atoms with Crippen molar-refractivity contribution in [2.45, 2.75) is 25.6 Å². The van der Waals surface area contributed by atoms with Gasteiger partial charge in [0.25, 0.3) is 0 Å². The molecule has 0 saturated heterocycles. The molecular weight excluding hydrogens is 254 g/mol. The summed E-state index contributed by atoms with van der Waals surface area (Å²) in [5.41, 5.74) is 0.535. The van der Waals surface area contributed by atoms with Crippen molar-refractivity contribution in [1.82, 2.24) is 0 Å². The van der Waals surface area contributed by atoms with Crippen LogP contribution in [0.5, 0.6) is 11.5 Å². The van der Waals surface area contributed by atoms with Gasteiger partial charge < -0.3 is 9.47 Å². The third-order valence-electron chi connectivity index (χ3n) is 2.51. The highest BCUT2D eigenvalue weighted by molar-refractivity contribution is 6.64. The second kappa shape index (κ2) is 4.14. The summed E-state index contributed by atoms with van der Waals surface area (Å²) in [6.07, 6.45) is -3.16. The van der Waals surface area contributed by atoms with E-state index >= 15 is 0 Å². The lowest BCUT2D eigenvalue weighted by Gasteiger charge is -2.10. The van der Waals surface area contributed by atoms with E-state index < -0.39 is 17.5 Å². The minimum absolute atomic E-state index is 0.0457. The van der Waals surface area contributed by atoms with Crippen LogP contribution in [-0.4, -0.2) is 11.5 Å². The molecule has 1 atom stereocenters. The number of carbonyl (C=O) groups excluding carboxylic acids is 1. The first kappa shape index (κ1) is 12.1. The zero-order valence-corrected chi connectivity index (χ0v) is 9.63. The van der Waals surface area contributed by atoms with E-state index in [4.69, 9.17) is 11.6 Å². The maximum absolute atomic E-state index is 12.8. The molecule has 0 fully saturated rings. The number of alkyl halides is 2. The maximum Gasteiger partial charge on any atom is 0.586 e. The number of carbonyl (C=O) groups is 1. The molecular formula is C11H9ClF2O3. The molecule has 0 aromatic heterocycles. The summed E-state index contributed by atoms with van der Waals surface area (Å²) in [5.74, 6) is -0.653. The Hall–Kier alpha value is -1.36. The van der Waals surface area contributed by atoms with Crippen LogP contribution >= 0.6 is 11.6 Å². The van der Waals surface area contributed by atoms with Crippen LogP contribution < -0.4 is 9.47 Å². The number of benzene rings is 1. The topological polar surface area (TPSA) is 35.5 Å². The third-order valence-corrected chi connectivity index (χ3v) is 2.77. The number of ether oxygens (including phenoxy) is 2. The molecule has 1 aromatic carbocycles. The van der Waals surface area contributed by atoms with Crippen LogP contribution in [0.3, 0.4) is 0 Å². The Bertz CT molecular complexity index is 462. The molecule has 0 amide bonds. The van der Waals surface area contributed by atoms with Gasteiger partial charge in [-0.15, -0.1) is 8.78 Å². The van der Waals surface area contributed by atoms with E-state index in [0.717, 1.165) is 0 Å². The van der Waals surface area contributed by atoms with E-state index in [1.54, 1.807) is 6.92 Å². The van der Waals surface area contributed by atoms with E-state index in [2.05, 4.69) is 9.47 Å². The number of halogens is 3. The molecule has 1 unspecified atom stereocenters. The van der Waals surface area contributed by atoms with Crippen molar-refractivity contribution in [2.75, 3.05) is 0 Å². The molecule has 0 spiro atoms.